The van der Waals surface area contributed by atoms with Crippen LogP contribution in [0.3, 0.4) is 0 Å². The summed E-state index contributed by atoms with van der Waals surface area (Å²) in [6.07, 6.45) is 10.2. The second kappa shape index (κ2) is 5.00. The van der Waals surface area contributed by atoms with E-state index in [0.717, 1.165) is 24.8 Å². The summed E-state index contributed by atoms with van der Waals surface area (Å²) < 4.78 is 6.84. The summed E-state index contributed by atoms with van der Waals surface area (Å²) in [7, 11) is 0. The normalized spacial score (nSPS) is 13.7. The molecule has 0 saturated heterocycles. The molecule has 3 rings (SSSR count). The molecule has 0 radical (unpaired) electrons. The van der Waals surface area contributed by atoms with Gasteiger partial charge in [-0.2, -0.15) is 0 Å². The molecule has 2 aromatic rings. The highest BCUT2D eigenvalue weighted by Crippen LogP contribution is 2.25. The van der Waals surface area contributed by atoms with Crippen LogP contribution in [0.5, 0.6) is 0 Å². The lowest BCUT2D eigenvalue weighted by Crippen LogP contribution is -2.34. The Morgan fingerprint density at radius 2 is 2.10 bits per heavy atom. The van der Waals surface area contributed by atoms with E-state index in [4.69, 9.17) is 4.42 Å². The first-order valence-electron chi connectivity index (χ1n) is 6.85. The SMILES string of the molecule is CCCCn1c(=O)[nH]c2oc3c(c2c1=O)C=CCC=C3. The lowest BCUT2D eigenvalue weighted by Gasteiger charge is -2.02. The molecule has 0 fully saturated rings. The van der Waals surface area contributed by atoms with Crippen LogP contribution in [0, 0.1) is 0 Å². The summed E-state index contributed by atoms with van der Waals surface area (Å²) in [5.74, 6) is 0.620. The molecule has 0 saturated carbocycles. The number of furan rings is 1. The first-order valence-corrected chi connectivity index (χ1v) is 6.85. The maximum atomic E-state index is 12.5. The van der Waals surface area contributed by atoms with Crippen LogP contribution in [0.1, 0.15) is 37.5 Å². The molecule has 5 heteroatoms. The Balaban J connectivity index is 2.31. The van der Waals surface area contributed by atoms with E-state index < -0.39 is 5.69 Å². The number of nitrogens with zero attached hydrogens (tertiary/aromatic N) is 1. The molecule has 0 unspecified atom stereocenters. The van der Waals surface area contributed by atoms with Crippen molar-refractivity contribution in [2.75, 3.05) is 0 Å². The Bertz CT molecular complexity index is 818. The molecule has 0 aromatic carbocycles. The van der Waals surface area contributed by atoms with Crippen molar-refractivity contribution >= 4 is 23.3 Å². The number of fused-ring (bicyclic) bond motifs is 3. The Hall–Kier alpha value is -2.30. The van der Waals surface area contributed by atoms with Gasteiger partial charge in [-0.3, -0.25) is 14.3 Å². The highest BCUT2D eigenvalue weighted by Gasteiger charge is 2.18. The molecule has 0 atom stereocenters. The van der Waals surface area contributed by atoms with E-state index in [0.29, 0.717) is 17.7 Å². The van der Waals surface area contributed by atoms with Crippen molar-refractivity contribution in [1.29, 1.82) is 0 Å². The minimum absolute atomic E-state index is 0.258. The average molecular weight is 272 g/mol. The van der Waals surface area contributed by atoms with E-state index in [1.165, 1.54) is 4.57 Å². The Morgan fingerprint density at radius 3 is 2.90 bits per heavy atom. The van der Waals surface area contributed by atoms with Crippen molar-refractivity contribution in [3.63, 3.8) is 0 Å². The fraction of sp³-hybridized carbons (Fsp3) is 0.333. The maximum Gasteiger partial charge on any atom is 0.331 e. The fourth-order valence-corrected chi connectivity index (χ4v) is 2.40. The molecule has 2 aromatic heterocycles. The number of hydrogen-bond acceptors (Lipinski definition) is 3. The summed E-state index contributed by atoms with van der Waals surface area (Å²) in [6.45, 7) is 2.45. The predicted molar refractivity (Wildman–Crippen MR) is 78.7 cm³/mol. The van der Waals surface area contributed by atoms with Crippen molar-refractivity contribution in [2.24, 2.45) is 0 Å². The number of allylic oxidation sites excluding steroid dienone is 2. The van der Waals surface area contributed by atoms with Crippen LogP contribution in [-0.4, -0.2) is 9.55 Å². The number of nitrogens with one attached hydrogen (secondary N) is 1. The molecule has 0 amide bonds. The van der Waals surface area contributed by atoms with Crippen molar-refractivity contribution in [3.8, 4) is 0 Å². The van der Waals surface area contributed by atoms with Gasteiger partial charge in [-0.05, 0) is 18.9 Å². The first kappa shape index (κ1) is 12.7. The molecule has 0 bridgehead atoms. The van der Waals surface area contributed by atoms with Gasteiger partial charge in [0.2, 0.25) is 5.71 Å². The summed E-state index contributed by atoms with van der Waals surface area (Å²) in [6, 6.07) is 0. The zero-order valence-electron chi connectivity index (χ0n) is 11.3. The molecule has 1 N–H and O–H groups in total. The number of aromatic nitrogens is 2. The highest BCUT2D eigenvalue weighted by atomic mass is 16.3. The minimum atomic E-state index is -0.409. The molecule has 5 nitrogen and oxygen atoms in total. The number of unbranched alkanes of at least 4 members (excludes halogenated alkanes) is 1. The predicted octanol–water partition coefficient (Wildman–Crippen LogP) is 2.51. The Morgan fingerprint density at radius 1 is 1.30 bits per heavy atom. The van der Waals surface area contributed by atoms with Gasteiger partial charge in [0, 0.05) is 12.1 Å². The summed E-state index contributed by atoms with van der Waals surface area (Å²) in [5.41, 5.74) is 0.323. The van der Waals surface area contributed by atoms with Crippen molar-refractivity contribution in [2.45, 2.75) is 32.7 Å². The average Bonchev–Trinajstić information content (AvgIpc) is 2.61. The van der Waals surface area contributed by atoms with E-state index in [9.17, 15) is 9.59 Å². The molecule has 104 valence electrons. The Labute approximate surface area is 115 Å². The van der Waals surface area contributed by atoms with Gasteiger partial charge in [0.05, 0.1) is 0 Å². The maximum absolute atomic E-state index is 12.5. The largest absolute Gasteiger partial charge is 0.439 e. The van der Waals surface area contributed by atoms with E-state index in [1.54, 1.807) is 0 Å². The summed E-state index contributed by atoms with van der Waals surface area (Å²) in [5, 5.41) is 0.457. The molecule has 1 aliphatic rings. The van der Waals surface area contributed by atoms with Crippen LogP contribution < -0.4 is 11.2 Å². The smallest absolute Gasteiger partial charge is 0.331 e. The fourth-order valence-electron chi connectivity index (χ4n) is 2.40. The van der Waals surface area contributed by atoms with Gasteiger partial charge < -0.3 is 4.42 Å². The number of rotatable bonds is 3. The van der Waals surface area contributed by atoms with E-state index in [-0.39, 0.29) is 11.3 Å². The van der Waals surface area contributed by atoms with Crippen molar-refractivity contribution < 1.29 is 4.42 Å². The third kappa shape index (κ3) is 1.95. The van der Waals surface area contributed by atoms with Crippen molar-refractivity contribution in [3.05, 3.63) is 44.3 Å². The van der Waals surface area contributed by atoms with Crippen molar-refractivity contribution in [1.82, 2.24) is 9.55 Å². The first-order chi connectivity index (χ1) is 9.72. The molecule has 0 aliphatic heterocycles. The zero-order valence-corrected chi connectivity index (χ0v) is 11.3. The third-order valence-electron chi connectivity index (χ3n) is 3.46. The van der Waals surface area contributed by atoms with E-state index >= 15 is 0 Å². The second-order valence-corrected chi connectivity index (χ2v) is 4.87. The van der Waals surface area contributed by atoms with Crippen LogP contribution in [0.2, 0.25) is 0 Å². The van der Waals surface area contributed by atoms with Gasteiger partial charge in [0.15, 0.2) is 0 Å². The summed E-state index contributed by atoms with van der Waals surface area (Å²) in [4.78, 5) is 27.1. The van der Waals surface area contributed by atoms with Gasteiger partial charge >= 0.3 is 5.69 Å². The number of hydrogen-bond donors (Lipinski definition) is 1. The van der Waals surface area contributed by atoms with Gasteiger partial charge in [0.1, 0.15) is 11.1 Å². The third-order valence-corrected chi connectivity index (χ3v) is 3.46. The monoisotopic (exact) mass is 272 g/mol. The second-order valence-electron chi connectivity index (χ2n) is 4.87. The van der Waals surface area contributed by atoms with Crippen LogP contribution >= 0.6 is 0 Å². The zero-order chi connectivity index (χ0) is 14.1. The van der Waals surface area contributed by atoms with Crippen LogP contribution in [0.4, 0.5) is 0 Å². The number of aromatic amines is 1. The molecule has 0 spiro atoms. The minimum Gasteiger partial charge on any atom is -0.439 e. The highest BCUT2D eigenvalue weighted by molar-refractivity contribution is 5.88. The van der Waals surface area contributed by atoms with Gasteiger partial charge in [0.25, 0.3) is 5.56 Å². The molecule has 1 aliphatic carbocycles. The van der Waals surface area contributed by atoms with Crippen LogP contribution in [-0.2, 0) is 6.54 Å². The lowest BCUT2D eigenvalue weighted by molar-refractivity contribution is 0.563. The number of H-pyrrole nitrogens is 1. The van der Waals surface area contributed by atoms with Gasteiger partial charge in [-0.25, -0.2) is 4.79 Å². The molecule has 2 heterocycles. The topological polar surface area (TPSA) is 68.0 Å². The van der Waals surface area contributed by atoms with Crippen LogP contribution in [0.15, 0.2) is 26.2 Å². The van der Waals surface area contributed by atoms with Gasteiger partial charge in [-0.1, -0.05) is 31.6 Å². The lowest BCUT2D eigenvalue weighted by atomic mass is 10.2. The van der Waals surface area contributed by atoms with E-state index in [2.05, 4.69) is 4.98 Å². The quantitative estimate of drug-likeness (QED) is 0.933. The molecular formula is C15H16N2O3. The molecule has 20 heavy (non-hydrogen) atoms. The summed E-state index contributed by atoms with van der Waals surface area (Å²) >= 11 is 0. The standard InChI is InChI=1S/C15H16N2O3/c1-2-3-9-17-14(18)12-10-7-5-4-6-8-11(10)20-13(12)16-15(17)19/h5-8H,2-4,9H2,1H3,(H,16,19). The van der Waals surface area contributed by atoms with Gasteiger partial charge in [-0.15, -0.1) is 0 Å². The van der Waals surface area contributed by atoms with E-state index in [1.807, 2.05) is 31.2 Å². The molecular weight excluding hydrogens is 256 g/mol. The Kier molecular flexibility index (Phi) is 3.18. The van der Waals surface area contributed by atoms with Crippen LogP contribution in [0.25, 0.3) is 23.3 Å².